The maximum absolute atomic E-state index is 4.64. The molecule has 0 unspecified atom stereocenters. The molecule has 146 valence electrons. The first kappa shape index (κ1) is 17.7. The van der Waals surface area contributed by atoms with E-state index in [9.17, 15) is 0 Å². The highest BCUT2D eigenvalue weighted by molar-refractivity contribution is 5.84. The maximum atomic E-state index is 4.64. The number of pyridine rings is 1. The molecule has 1 nitrogen and oxygen atoms in total. The summed E-state index contributed by atoms with van der Waals surface area (Å²) in [6.07, 6.45) is 4.19. The number of nitrogens with zero attached hydrogens (tertiary/aromatic N) is 1. The van der Waals surface area contributed by atoms with Crippen LogP contribution in [-0.2, 0) is 10.8 Å². The molecule has 4 aromatic rings. The molecule has 1 aromatic heterocycles. The number of hydrogen-bond donors (Lipinski definition) is 0. The zero-order valence-electron chi connectivity index (χ0n) is 17.5. The van der Waals surface area contributed by atoms with Crippen LogP contribution in [0.5, 0.6) is 0 Å². The molecule has 0 saturated heterocycles. The zero-order chi connectivity index (χ0) is 20.3. The van der Waals surface area contributed by atoms with Gasteiger partial charge in [-0.1, -0.05) is 80.6 Å². The Morgan fingerprint density at radius 1 is 0.633 bits per heavy atom. The van der Waals surface area contributed by atoms with Gasteiger partial charge in [-0.05, 0) is 69.8 Å². The summed E-state index contributed by atoms with van der Waals surface area (Å²) in [5.74, 6) is 0. The Labute approximate surface area is 178 Å². The fraction of sp³-hybridized carbons (Fsp3) is 0.207. The number of hydrogen-bond acceptors (Lipinski definition) is 1. The second-order valence-electron chi connectivity index (χ2n) is 9.36. The SMILES string of the molecule is CC1(C)CCC2(c3ccccc3-c3ccccc32)c2cc(-c3ccccn3)ccc21. The summed E-state index contributed by atoms with van der Waals surface area (Å²) < 4.78 is 0. The highest BCUT2D eigenvalue weighted by Gasteiger charge is 2.50. The van der Waals surface area contributed by atoms with Crippen LogP contribution < -0.4 is 0 Å². The summed E-state index contributed by atoms with van der Waals surface area (Å²) in [4.78, 5) is 4.64. The van der Waals surface area contributed by atoms with Gasteiger partial charge in [0.2, 0.25) is 0 Å². The van der Waals surface area contributed by atoms with E-state index in [0.29, 0.717) is 0 Å². The lowest BCUT2D eigenvalue weighted by Crippen LogP contribution is -2.38. The summed E-state index contributed by atoms with van der Waals surface area (Å²) in [7, 11) is 0. The fourth-order valence-electron chi connectivity index (χ4n) is 5.83. The van der Waals surface area contributed by atoms with E-state index in [2.05, 4.69) is 97.7 Å². The van der Waals surface area contributed by atoms with Gasteiger partial charge in [-0.3, -0.25) is 4.98 Å². The van der Waals surface area contributed by atoms with E-state index >= 15 is 0 Å². The summed E-state index contributed by atoms with van der Waals surface area (Å²) in [6.45, 7) is 4.79. The predicted octanol–water partition coefficient (Wildman–Crippen LogP) is 7.13. The number of rotatable bonds is 1. The molecule has 0 atom stereocenters. The van der Waals surface area contributed by atoms with Crippen LogP contribution in [0.2, 0.25) is 0 Å². The Balaban J connectivity index is 1.70. The van der Waals surface area contributed by atoms with E-state index in [-0.39, 0.29) is 10.8 Å². The van der Waals surface area contributed by atoms with Crippen molar-refractivity contribution in [1.29, 1.82) is 0 Å². The van der Waals surface area contributed by atoms with Gasteiger partial charge in [0.1, 0.15) is 0 Å². The van der Waals surface area contributed by atoms with Crippen LogP contribution in [0.15, 0.2) is 91.1 Å². The quantitative estimate of drug-likeness (QED) is 0.338. The van der Waals surface area contributed by atoms with Gasteiger partial charge in [0.15, 0.2) is 0 Å². The van der Waals surface area contributed by atoms with Crippen molar-refractivity contribution in [2.45, 2.75) is 37.5 Å². The van der Waals surface area contributed by atoms with Crippen molar-refractivity contribution in [2.75, 3.05) is 0 Å². The Hall–Kier alpha value is -3.19. The topological polar surface area (TPSA) is 12.9 Å². The smallest absolute Gasteiger partial charge is 0.0702 e. The number of benzene rings is 3. The third kappa shape index (κ3) is 2.26. The van der Waals surface area contributed by atoms with Gasteiger partial charge in [-0.15, -0.1) is 0 Å². The van der Waals surface area contributed by atoms with Gasteiger partial charge in [-0.25, -0.2) is 0 Å². The third-order valence-corrected chi connectivity index (χ3v) is 7.36. The molecule has 0 amide bonds. The highest BCUT2D eigenvalue weighted by Crippen LogP contribution is 2.60. The molecule has 1 spiro atoms. The van der Waals surface area contributed by atoms with Crippen LogP contribution in [0.25, 0.3) is 22.4 Å². The van der Waals surface area contributed by atoms with Crippen LogP contribution >= 0.6 is 0 Å². The first-order valence-electron chi connectivity index (χ1n) is 10.9. The molecule has 0 N–H and O–H groups in total. The Kier molecular flexibility index (Phi) is 3.62. The maximum Gasteiger partial charge on any atom is 0.0702 e. The molecule has 0 fully saturated rings. The summed E-state index contributed by atoms with van der Waals surface area (Å²) >= 11 is 0. The average Bonchev–Trinajstić information content (AvgIpc) is 3.08. The van der Waals surface area contributed by atoms with E-state index in [1.165, 1.54) is 45.4 Å². The molecule has 2 aliphatic carbocycles. The van der Waals surface area contributed by atoms with Gasteiger partial charge in [0, 0.05) is 17.2 Å². The Morgan fingerprint density at radius 3 is 1.97 bits per heavy atom. The normalized spacial score (nSPS) is 17.3. The highest BCUT2D eigenvalue weighted by atomic mass is 14.7. The zero-order valence-corrected chi connectivity index (χ0v) is 17.5. The van der Waals surface area contributed by atoms with Gasteiger partial charge >= 0.3 is 0 Å². The minimum atomic E-state index is -0.0805. The monoisotopic (exact) mass is 387 g/mol. The second kappa shape index (κ2) is 6.15. The van der Waals surface area contributed by atoms with Crippen molar-refractivity contribution in [3.8, 4) is 22.4 Å². The lowest BCUT2D eigenvalue weighted by Gasteiger charge is -2.45. The van der Waals surface area contributed by atoms with Crippen molar-refractivity contribution in [3.63, 3.8) is 0 Å². The average molecular weight is 388 g/mol. The van der Waals surface area contributed by atoms with E-state index in [1.54, 1.807) is 0 Å². The number of aromatic nitrogens is 1. The predicted molar refractivity (Wildman–Crippen MR) is 124 cm³/mol. The van der Waals surface area contributed by atoms with Gasteiger partial charge in [0.25, 0.3) is 0 Å². The molecule has 0 aliphatic heterocycles. The Bertz CT molecular complexity index is 1220. The van der Waals surface area contributed by atoms with E-state index in [4.69, 9.17) is 0 Å². The molecule has 2 aliphatic rings. The van der Waals surface area contributed by atoms with Crippen molar-refractivity contribution in [2.24, 2.45) is 0 Å². The molecule has 1 heterocycles. The first-order valence-corrected chi connectivity index (χ1v) is 10.9. The van der Waals surface area contributed by atoms with Crippen LogP contribution in [0.4, 0.5) is 0 Å². The molecule has 6 rings (SSSR count). The molecular formula is C29H25N. The minimum Gasteiger partial charge on any atom is -0.256 e. The number of fused-ring (bicyclic) bond motifs is 7. The fourth-order valence-corrected chi connectivity index (χ4v) is 5.83. The van der Waals surface area contributed by atoms with Crippen LogP contribution in [-0.4, -0.2) is 4.98 Å². The molecule has 1 heteroatoms. The van der Waals surface area contributed by atoms with Crippen molar-refractivity contribution in [3.05, 3.63) is 113 Å². The van der Waals surface area contributed by atoms with Crippen molar-refractivity contribution >= 4 is 0 Å². The molecule has 30 heavy (non-hydrogen) atoms. The van der Waals surface area contributed by atoms with E-state index in [1.807, 2.05) is 12.3 Å². The van der Waals surface area contributed by atoms with Gasteiger partial charge in [0.05, 0.1) is 5.69 Å². The van der Waals surface area contributed by atoms with Crippen LogP contribution in [0, 0.1) is 0 Å². The molecule has 0 saturated carbocycles. The standard InChI is InChI=1S/C29H25N/c1-28(2)16-17-29(23-11-5-3-9-21(23)22-10-4-6-12-24(22)29)26-19-20(14-15-25(26)28)27-13-7-8-18-30-27/h3-15,18-19H,16-17H2,1-2H3. The van der Waals surface area contributed by atoms with E-state index < -0.39 is 0 Å². The third-order valence-electron chi connectivity index (χ3n) is 7.36. The van der Waals surface area contributed by atoms with Gasteiger partial charge < -0.3 is 0 Å². The molecule has 0 bridgehead atoms. The van der Waals surface area contributed by atoms with Crippen LogP contribution in [0.3, 0.4) is 0 Å². The first-order chi connectivity index (χ1) is 14.6. The molecule has 3 aromatic carbocycles. The molecular weight excluding hydrogens is 362 g/mol. The van der Waals surface area contributed by atoms with E-state index in [0.717, 1.165) is 12.1 Å². The largest absolute Gasteiger partial charge is 0.256 e. The lowest BCUT2D eigenvalue weighted by atomic mass is 9.58. The summed E-state index contributed by atoms with van der Waals surface area (Å²) in [5.41, 5.74) is 11.0. The van der Waals surface area contributed by atoms with Crippen LogP contribution in [0.1, 0.15) is 48.9 Å². The Morgan fingerprint density at radius 2 is 1.30 bits per heavy atom. The van der Waals surface area contributed by atoms with Crippen molar-refractivity contribution < 1.29 is 0 Å². The molecule has 0 radical (unpaired) electrons. The second-order valence-corrected chi connectivity index (χ2v) is 9.36. The lowest BCUT2D eigenvalue weighted by molar-refractivity contribution is 0.369. The summed E-state index contributed by atoms with van der Waals surface area (Å²) in [5, 5.41) is 0. The minimum absolute atomic E-state index is 0.0805. The summed E-state index contributed by atoms with van der Waals surface area (Å²) in [6, 6.07) is 31.3. The van der Waals surface area contributed by atoms with Crippen molar-refractivity contribution in [1.82, 2.24) is 4.98 Å². The van der Waals surface area contributed by atoms with Gasteiger partial charge in [-0.2, -0.15) is 0 Å².